The third-order valence-corrected chi connectivity index (χ3v) is 7.75. The van der Waals surface area contributed by atoms with Crippen molar-refractivity contribution in [2.75, 3.05) is 32.8 Å². The molecule has 1 aromatic carbocycles. The number of carbonyl (C=O) groups is 2. The monoisotopic (exact) mass is 511 g/mol. The molecule has 1 saturated heterocycles. The maximum absolute atomic E-state index is 13.5. The molecule has 1 amide bonds. The van der Waals surface area contributed by atoms with Gasteiger partial charge in [-0.25, -0.2) is 4.98 Å². The number of benzene rings is 1. The van der Waals surface area contributed by atoms with Gasteiger partial charge in [-0.15, -0.1) is 0 Å². The summed E-state index contributed by atoms with van der Waals surface area (Å²) in [6.45, 7) is 9.05. The quantitative estimate of drug-likeness (QED) is 0.424. The lowest BCUT2D eigenvalue weighted by molar-refractivity contribution is -0.143. The average Bonchev–Trinajstić information content (AvgIpc) is 3.60. The number of fused-ring (bicyclic) bond motifs is 1. The second-order valence-corrected chi connectivity index (χ2v) is 10.4. The Bertz CT molecular complexity index is 1060. The Morgan fingerprint density at radius 3 is 2.59 bits per heavy atom. The van der Waals surface area contributed by atoms with Gasteiger partial charge in [0.15, 0.2) is 5.89 Å². The maximum Gasteiger partial charge on any atom is 0.308 e. The molecule has 8 nitrogen and oxygen atoms in total. The predicted molar refractivity (Wildman–Crippen MR) is 141 cm³/mol. The third-order valence-electron chi connectivity index (χ3n) is 7.75. The highest BCUT2D eigenvalue weighted by atomic mass is 16.5. The normalized spacial score (nSPS) is 21.1. The molecule has 0 radical (unpaired) electrons. The molecule has 1 aromatic heterocycles. The molecule has 2 aromatic rings. The zero-order valence-electron chi connectivity index (χ0n) is 22.4. The number of oxazole rings is 1. The first-order chi connectivity index (χ1) is 17.9. The average molecular weight is 512 g/mol. The van der Waals surface area contributed by atoms with Crippen molar-refractivity contribution in [3.63, 3.8) is 0 Å². The minimum absolute atomic E-state index is 0.0889. The summed E-state index contributed by atoms with van der Waals surface area (Å²) >= 11 is 0. The minimum Gasteiger partial charge on any atom is -0.493 e. The van der Waals surface area contributed by atoms with Crippen molar-refractivity contribution in [3.8, 4) is 5.75 Å². The number of nitrogens with zero attached hydrogens (tertiary/aromatic N) is 3. The Morgan fingerprint density at radius 2 is 1.95 bits per heavy atom. The lowest BCUT2D eigenvalue weighted by Crippen LogP contribution is -2.44. The Labute approximate surface area is 220 Å². The Balaban J connectivity index is 1.58. The largest absolute Gasteiger partial charge is 0.493 e. The van der Waals surface area contributed by atoms with E-state index in [-0.39, 0.29) is 24.4 Å². The number of hydrogen-bond donors (Lipinski definition) is 1. The summed E-state index contributed by atoms with van der Waals surface area (Å²) in [5.41, 5.74) is 2.14. The second kappa shape index (κ2) is 12.6. The third kappa shape index (κ3) is 6.53. The molecule has 37 heavy (non-hydrogen) atoms. The van der Waals surface area contributed by atoms with Crippen LogP contribution in [0.4, 0.5) is 0 Å². The summed E-state index contributed by atoms with van der Waals surface area (Å²) in [6.07, 6.45) is 7.64. The number of aromatic nitrogens is 1. The Hall–Kier alpha value is -2.87. The van der Waals surface area contributed by atoms with Gasteiger partial charge in [-0.3, -0.25) is 14.5 Å². The molecule has 0 unspecified atom stereocenters. The van der Waals surface area contributed by atoms with Gasteiger partial charge in [0, 0.05) is 44.4 Å². The van der Waals surface area contributed by atoms with Crippen LogP contribution >= 0.6 is 0 Å². The van der Waals surface area contributed by atoms with E-state index in [0.29, 0.717) is 31.9 Å². The van der Waals surface area contributed by atoms with E-state index in [2.05, 4.69) is 29.8 Å². The lowest BCUT2D eigenvalue weighted by Gasteiger charge is -2.29. The second-order valence-electron chi connectivity index (χ2n) is 10.4. The van der Waals surface area contributed by atoms with Crippen LogP contribution in [0.5, 0.6) is 5.75 Å². The first-order valence-corrected chi connectivity index (χ1v) is 13.8. The molecule has 3 atom stereocenters. The number of amides is 1. The van der Waals surface area contributed by atoms with Gasteiger partial charge in [0.25, 0.3) is 0 Å². The van der Waals surface area contributed by atoms with E-state index in [1.54, 1.807) is 6.20 Å². The van der Waals surface area contributed by atoms with Crippen molar-refractivity contribution >= 4 is 11.9 Å². The van der Waals surface area contributed by atoms with Crippen LogP contribution in [0.2, 0.25) is 0 Å². The molecule has 0 aliphatic carbocycles. The molecule has 1 fully saturated rings. The van der Waals surface area contributed by atoms with Gasteiger partial charge >= 0.3 is 5.97 Å². The minimum atomic E-state index is -0.820. The fraction of sp³-hybridized carbons (Fsp3) is 0.621. The van der Waals surface area contributed by atoms with E-state index < -0.39 is 11.9 Å². The van der Waals surface area contributed by atoms with Crippen molar-refractivity contribution in [1.82, 2.24) is 14.8 Å². The van der Waals surface area contributed by atoms with E-state index in [1.165, 1.54) is 0 Å². The van der Waals surface area contributed by atoms with E-state index in [0.717, 1.165) is 67.8 Å². The molecule has 1 N–H and O–H groups in total. The summed E-state index contributed by atoms with van der Waals surface area (Å²) in [6, 6.07) is 5.78. The standard InChI is InChI=1S/C29H41N3O5/c1-4-6-13-31(14-7-5-2)27(33)19-32-18-23(21-8-10-25-22(16-21)12-15-36-25)28(29(34)35)24(32)9-11-26-30-17-20(3)37-26/h8,10,16-17,23-24,28H,4-7,9,11-15,18-19H2,1-3H3,(H,34,35)/t23-,24+,28-/m1/s1. The number of aliphatic carboxylic acids is 1. The van der Waals surface area contributed by atoms with Crippen LogP contribution in [0.3, 0.4) is 0 Å². The van der Waals surface area contributed by atoms with Crippen molar-refractivity contribution in [2.24, 2.45) is 5.92 Å². The fourth-order valence-electron chi connectivity index (χ4n) is 5.75. The van der Waals surface area contributed by atoms with Crippen LogP contribution in [0.1, 0.15) is 74.6 Å². The molecule has 8 heteroatoms. The first-order valence-electron chi connectivity index (χ1n) is 13.8. The number of aryl methyl sites for hydroxylation is 2. The zero-order chi connectivity index (χ0) is 26.4. The van der Waals surface area contributed by atoms with Crippen LogP contribution in [0, 0.1) is 12.8 Å². The smallest absolute Gasteiger partial charge is 0.308 e. The number of hydrogen-bond acceptors (Lipinski definition) is 6. The first kappa shape index (κ1) is 27.2. The molecule has 2 aliphatic heterocycles. The summed E-state index contributed by atoms with van der Waals surface area (Å²) in [4.78, 5) is 34.6. The van der Waals surface area contributed by atoms with E-state index >= 15 is 0 Å². The molecular formula is C29H41N3O5. The number of likely N-dealkylation sites (tertiary alicyclic amines) is 1. The van der Waals surface area contributed by atoms with Crippen LogP contribution in [-0.4, -0.2) is 70.6 Å². The Kier molecular flexibility index (Phi) is 9.24. The topological polar surface area (TPSA) is 96.1 Å². The number of unbranched alkanes of at least 4 members (excludes halogenated alkanes) is 2. The SMILES string of the molecule is CCCCN(CCCC)C(=O)CN1C[C@H](c2ccc3c(c2)CCO3)[C@@H](C(=O)O)[C@@H]1CCc1ncc(C)o1. The van der Waals surface area contributed by atoms with Gasteiger partial charge in [0.1, 0.15) is 11.5 Å². The van der Waals surface area contributed by atoms with Gasteiger partial charge in [-0.2, -0.15) is 0 Å². The van der Waals surface area contributed by atoms with Crippen molar-refractivity contribution < 1.29 is 23.8 Å². The van der Waals surface area contributed by atoms with Crippen molar-refractivity contribution in [2.45, 2.75) is 77.7 Å². The lowest BCUT2D eigenvalue weighted by atomic mass is 9.83. The molecule has 202 valence electrons. The number of carboxylic acid groups (broad SMARTS) is 1. The van der Waals surface area contributed by atoms with Crippen LogP contribution in [-0.2, 0) is 22.4 Å². The van der Waals surface area contributed by atoms with Crippen LogP contribution < -0.4 is 4.74 Å². The van der Waals surface area contributed by atoms with Gasteiger partial charge in [0.05, 0.1) is 25.3 Å². The van der Waals surface area contributed by atoms with Gasteiger partial charge in [-0.1, -0.05) is 38.8 Å². The highest BCUT2D eigenvalue weighted by Gasteiger charge is 2.47. The Morgan fingerprint density at radius 1 is 1.19 bits per heavy atom. The molecule has 2 aliphatic rings. The molecule has 3 heterocycles. The van der Waals surface area contributed by atoms with E-state index in [1.807, 2.05) is 24.0 Å². The van der Waals surface area contributed by atoms with Crippen molar-refractivity contribution in [1.29, 1.82) is 0 Å². The molecule has 4 rings (SSSR count). The van der Waals surface area contributed by atoms with Gasteiger partial charge < -0.3 is 19.2 Å². The van der Waals surface area contributed by atoms with E-state index in [9.17, 15) is 14.7 Å². The highest BCUT2D eigenvalue weighted by molar-refractivity contribution is 5.79. The zero-order valence-corrected chi connectivity index (χ0v) is 22.4. The summed E-state index contributed by atoms with van der Waals surface area (Å²) in [5.74, 6) is 0.683. The van der Waals surface area contributed by atoms with Gasteiger partial charge in [0.2, 0.25) is 5.91 Å². The summed E-state index contributed by atoms with van der Waals surface area (Å²) < 4.78 is 11.3. The fourth-order valence-corrected chi connectivity index (χ4v) is 5.75. The number of ether oxygens (including phenoxy) is 1. The molecular weight excluding hydrogens is 470 g/mol. The number of rotatable bonds is 13. The van der Waals surface area contributed by atoms with Crippen LogP contribution in [0.15, 0.2) is 28.8 Å². The molecule has 0 spiro atoms. The van der Waals surface area contributed by atoms with Crippen LogP contribution in [0.25, 0.3) is 0 Å². The van der Waals surface area contributed by atoms with Gasteiger partial charge in [-0.05, 0) is 43.4 Å². The number of carbonyl (C=O) groups excluding carboxylic acids is 1. The molecule has 0 bridgehead atoms. The van der Waals surface area contributed by atoms with Crippen molar-refractivity contribution in [3.05, 3.63) is 47.2 Å². The summed E-state index contributed by atoms with van der Waals surface area (Å²) in [5, 5.41) is 10.4. The highest BCUT2D eigenvalue weighted by Crippen LogP contribution is 2.41. The van der Waals surface area contributed by atoms with E-state index in [4.69, 9.17) is 9.15 Å². The predicted octanol–water partition coefficient (Wildman–Crippen LogP) is 4.45. The molecule has 0 saturated carbocycles. The maximum atomic E-state index is 13.5. The summed E-state index contributed by atoms with van der Waals surface area (Å²) in [7, 11) is 0. The number of carboxylic acids is 1.